The van der Waals surface area contributed by atoms with Crippen LogP contribution in [0.1, 0.15) is 13.8 Å². The van der Waals surface area contributed by atoms with Crippen molar-refractivity contribution in [2.24, 2.45) is 0 Å². The van der Waals surface area contributed by atoms with Crippen LogP contribution in [-0.4, -0.2) is 27.7 Å². The van der Waals surface area contributed by atoms with E-state index in [-0.39, 0.29) is 34.2 Å². The standard InChI is InChI=1S/C11H14BrCl2NO3S/c1-7(2)18-4-3-15-19(16,17)11-9(13)5-8(12)6-10(11)14/h5-7,15H,3-4H2,1-2H3. The molecule has 1 N–H and O–H groups in total. The maximum absolute atomic E-state index is 12.1. The van der Waals surface area contributed by atoms with E-state index >= 15 is 0 Å². The van der Waals surface area contributed by atoms with E-state index in [1.54, 1.807) is 0 Å². The summed E-state index contributed by atoms with van der Waals surface area (Å²) in [4.78, 5) is -0.122. The van der Waals surface area contributed by atoms with Gasteiger partial charge in [-0.25, -0.2) is 13.1 Å². The Morgan fingerprint density at radius 2 is 1.84 bits per heavy atom. The molecule has 1 aromatic carbocycles. The minimum atomic E-state index is -3.75. The largest absolute Gasteiger partial charge is 0.377 e. The Balaban J connectivity index is 2.84. The van der Waals surface area contributed by atoms with Crippen molar-refractivity contribution in [3.8, 4) is 0 Å². The van der Waals surface area contributed by atoms with Crippen molar-refractivity contribution in [3.05, 3.63) is 26.7 Å². The molecule has 0 aliphatic carbocycles. The van der Waals surface area contributed by atoms with E-state index in [1.165, 1.54) is 12.1 Å². The zero-order valence-corrected chi connectivity index (χ0v) is 14.3. The van der Waals surface area contributed by atoms with Gasteiger partial charge in [0.1, 0.15) is 4.90 Å². The molecule has 0 saturated heterocycles. The van der Waals surface area contributed by atoms with Crippen LogP contribution >= 0.6 is 39.1 Å². The molecule has 0 fully saturated rings. The van der Waals surface area contributed by atoms with Gasteiger partial charge in [0.15, 0.2) is 0 Å². The van der Waals surface area contributed by atoms with Crippen molar-refractivity contribution in [3.63, 3.8) is 0 Å². The molecule has 0 amide bonds. The number of nitrogens with one attached hydrogen (secondary N) is 1. The third-order valence-electron chi connectivity index (χ3n) is 2.08. The number of rotatable bonds is 6. The maximum atomic E-state index is 12.1. The van der Waals surface area contributed by atoms with E-state index < -0.39 is 10.0 Å². The van der Waals surface area contributed by atoms with Crippen molar-refractivity contribution in [1.82, 2.24) is 4.72 Å². The zero-order valence-electron chi connectivity index (χ0n) is 10.4. The average Bonchev–Trinajstić information content (AvgIpc) is 2.22. The van der Waals surface area contributed by atoms with Crippen molar-refractivity contribution in [1.29, 1.82) is 0 Å². The molecule has 19 heavy (non-hydrogen) atoms. The SMILES string of the molecule is CC(C)OCCNS(=O)(=O)c1c(Cl)cc(Br)cc1Cl. The van der Waals surface area contributed by atoms with Gasteiger partial charge in [-0.2, -0.15) is 0 Å². The first-order valence-corrected chi connectivity index (χ1v) is 8.53. The third kappa shape index (κ3) is 5.21. The molecule has 0 saturated carbocycles. The molecule has 8 heteroatoms. The molecule has 0 heterocycles. The summed E-state index contributed by atoms with van der Waals surface area (Å²) in [5.74, 6) is 0. The monoisotopic (exact) mass is 389 g/mol. The molecule has 0 aliphatic heterocycles. The van der Waals surface area contributed by atoms with E-state index in [0.29, 0.717) is 4.47 Å². The van der Waals surface area contributed by atoms with Gasteiger partial charge >= 0.3 is 0 Å². The van der Waals surface area contributed by atoms with Gasteiger partial charge < -0.3 is 4.74 Å². The Morgan fingerprint density at radius 1 is 1.32 bits per heavy atom. The third-order valence-corrected chi connectivity index (χ3v) is 4.92. The molecule has 108 valence electrons. The van der Waals surface area contributed by atoms with Crippen LogP contribution in [0.5, 0.6) is 0 Å². The van der Waals surface area contributed by atoms with Crippen molar-refractivity contribution in [2.45, 2.75) is 24.8 Å². The zero-order chi connectivity index (χ0) is 14.6. The molecule has 4 nitrogen and oxygen atoms in total. The molecular weight excluding hydrogens is 377 g/mol. The minimum absolute atomic E-state index is 0.0457. The lowest BCUT2D eigenvalue weighted by atomic mass is 10.4. The van der Waals surface area contributed by atoms with Gasteiger partial charge in [0.25, 0.3) is 0 Å². The van der Waals surface area contributed by atoms with Gasteiger partial charge in [-0.15, -0.1) is 0 Å². The summed E-state index contributed by atoms with van der Waals surface area (Å²) >= 11 is 15.0. The summed E-state index contributed by atoms with van der Waals surface area (Å²) in [6.07, 6.45) is 0.0457. The Labute approximate surface area is 131 Å². The lowest BCUT2D eigenvalue weighted by Gasteiger charge is -2.11. The average molecular weight is 391 g/mol. The number of hydrogen-bond acceptors (Lipinski definition) is 3. The number of halogens is 3. The molecule has 0 unspecified atom stereocenters. The predicted octanol–water partition coefficient (Wildman–Crippen LogP) is 3.46. The van der Waals surface area contributed by atoms with Crippen LogP contribution in [0.25, 0.3) is 0 Å². The lowest BCUT2D eigenvalue weighted by Crippen LogP contribution is -2.28. The van der Waals surface area contributed by atoms with Crippen LogP contribution in [0.2, 0.25) is 10.0 Å². The number of ether oxygens (including phenoxy) is 1. The van der Waals surface area contributed by atoms with E-state index in [0.717, 1.165) is 0 Å². The first-order valence-electron chi connectivity index (χ1n) is 5.50. The van der Waals surface area contributed by atoms with Gasteiger partial charge in [0, 0.05) is 11.0 Å². The van der Waals surface area contributed by atoms with Gasteiger partial charge in [-0.1, -0.05) is 39.1 Å². The highest BCUT2D eigenvalue weighted by Crippen LogP contribution is 2.32. The smallest absolute Gasteiger partial charge is 0.243 e. The fourth-order valence-electron chi connectivity index (χ4n) is 1.33. The highest BCUT2D eigenvalue weighted by molar-refractivity contribution is 9.10. The molecule has 0 radical (unpaired) electrons. The summed E-state index contributed by atoms with van der Waals surface area (Å²) in [5, 5.41) is 0.133. The second-order valence-corrected chi connectivity index (χ2v) is 7.45. The Morgan fingerprint density at radius 3 is 2.32 bits per heavy atom. The highest BCUT2D eigenvalue weighted by Gasteiger charge is 2.21. The van der Waals surface area contributed by atoms with Gasteiger partial charge in [-0.3, -0.25) is 0 Å². The molecular formula is C11H14BrCl2NO3S. The second-order valence-electron chi connectivity index (χ2n) is 4.02. The summed E-state index contributed by atoms with van der Waals surface area (Å²) in [6, 6.07) is 2.96. The van der Waals surface area contributed by atoms with Crippen LogP contribution in [-0.2, 0) is 14.8 Å². The number of benzene rings is 1. The number of hydrogen-bond donors (Lipinski definition) is 1. The summed E-state index contributed by atoms with van der Waals surface area (Å²) in [6.45, 7) is 4.18. The van der Waals surface area contributed by atoms with Crippen LogP contribution in [0.15, 0.2) is 21.5 Å². The van der Waals surface area contributed by atoms with Crippen LogP contribution in [0, 0.1) is 0 Å². The quantitative estimate of drug-likeness (QED) is 0.756. The Bertz CT molecular complexity index is 526. The Kier molecular flexibility index (Phi) is 6.56. The first kappa shape index (κ1) is 17.2. The van der Waals surface area contributed by atoms with Crippen molar-refractivity contribution in [2.75, 3.05) is 13.2 Å². The van der Waals surface area contributed by atoms with Gasteiger partial charge in [0.05, 0.1) is 22.8 Å². The molecule has 0 aliphatic rings. The predicted molar refractivity (Wildman–Crippen MR) is 80.4 cm³/mol. The summed E-state index contributed by atoms with van der Waals surface area (Å²) in [7, 11) is -3.75. The second kappa shape index (κ2) is 7.24. The molecule has 0 atom stereocenters. The summed E-state index contributed by atoms with van der Waals surface area (Å²) < 4.78 is 32.4. The fourth-order valence-corrected chi connectivity index (χ4v) is 4.27. The maximum Gasteiger partial charge on any atom is 0.243 e. The molecule has 0 bridgehead atoms. The first-order chi connectivity index (χ1) is 8.74. The molecule has 1 rings (SSSR count). The minimum Gasteiger partial charge on any atom is -0.377 e. The van der Waals surface area contributed by atoms with Crippen molar-refractivity contribution < 1.29 is 13.2 Å². The van der Waals surface area contributed by atoms with Crippen LogP contribution in [0.3, 0.4) is 0 Å². The van der Waals surface area contributed by atoms with Crippen LogP contribution in [0.4, 0.5) is 0 Å². The molecule has 0 aromatic heterocycles. The Hall–Kier alpha value is 0.150. The normalized spacial score (nSPS) is 12.1. The van der Waals surface area contributed by atoms with E-state index in [9.17, 15) is 8.42 Å². The topological polar surface area (TPSA) is 55.4 Å². The number of sulfonamides is 1. The van der Waals surface area contributed by atoms with E-state index in [2.05, 4.69) is 20.7 Å². The van der Waals surface area contributed by atoms with Crippen molar-refractivity contribution >= 4 is 49.2 Å². The molecule has 0 spiro atoms. The highest BCUT2D eigenvalue weighted by atomic mass is 79.9. The summed E-state index contributed by atoms with van der Waals surface area (Å²) in [5.41, 5.74) is 0. The van der Waals surface area contributed by atoms with Gasteiger partial charge in [-0.05, 0) is 26.0 Å². The van der Waals surface area contributed by atoms with E-state index in [1.807, 2.05) is 13.8 Å². The lowest BCUT2D eigenvalue weighted by molar-refractivity contribution is 0.0834. The molecule has 1 aromatic rings. The van der Waals surface area contributed by atoms with E-state index in [4.69, 9.17) is 27.9 Å². The fraction of sp³-hybridized carbons (Fsp3) is 0.455. The van der Waals surface area contributed by atoms with Crippen LogP contribution < -0.4 is 4.72 Å². The van der Waals surface area contributed by atoms with Gasteiger partial charge in [0.2, 0.25) is 10.0 Å².